The lowest BCUT2D eigenvalue weighted by Gasteiger charge is -2.08. The van der Waals surface area contributed by atoms with Gasteiger partial charge in [-0.05, 0) is 24.2 Å². The largest absolute Gasteiger partial charge is 0.338 e. The summed E-state index contributed by atoms with van der Waals surface area (Å²) in [7, 11) is 0. The summed E-state index contributed by atoms with van der Waals surface area (Å²) in [6.45, 7) is 8.73. The first kappa shape index (κ1) is 11.6. The summed E-state index contributed by atoms with van der Waals surface area (Å²) in [6.07, 6.45) is 2.03. The van der Waals surface area contributed by atoms with Gasteiger partial charge >= 0.3 is 0 Å². The van der Waals surface area contributed by atoms with Gasteiger partial charge in [0.1, 0.15) is 0 Å². The molecule has 16 heavy (non-hydrogen) atoms. The van der Waals surface area contributed by atoms with Gasteiger partial charge in [0.2, 0.25) is 5.89 Å². The van der Waals surface area contributed by atoms with Crippen molar-refractivity contribution in [3.8, 4) is 0 Å². The maximum absolute atomic E-state index is 6.00. The maximum Gasteiger partial charge on any atom is 0.243 e. The lowest BCUT2D eigenvalue weighted by atomic mass is 10.0. The van der Waals surface area contributed by atoms with Crippen molar-refractivity contribution in [3.05, 3.63) is 11.7 Å². The van der Waals surface area contributed by atoms with E-state index >= 15 is 0 Å². The van der Waals surface area contributed by atoms with Crippen molar-refractivity contribution in [1.82, 2.24) is 10.1 Å². The third kappa shape index (κ3) is 2.26. The second-order valence-corrected chi connectivity index (χ2v) is 5.97. The first-order chi connectivity index (χ1) is 7.40. The van der Waals surface area contributed by atoms with Crippen LogP contribution in [0.15, 0.2) is 4.52 Å². The van der Waals surface area contributed by atoms with Crippen LogP contribution in [-0.2, 0) is 0 Å². The number of rotatable bonds is 4. The molecule has 0 spiro atoms. The number of nitrogens with two attached hydrogens (primary N) is 1. The molecule has 2 N–H and O–H groups in total. The van der Waals surface area contributed by atoms with E-state index < -0.39 is 0 Å². The average molecular weight is 223 g/mol. The molecule has 1 aromatic rings. The molecule has 2 rings (SSSR count). The Balaban J connectivity index is 2.03. The Morgan fingerprint density at radius 2 is 2.12 bits per heavy atom. The molecule has 1 unspecified atom stereocenters. The van der Waals surface area contributed by atoms with Gasteiger partial charge in [0, 0.05) is 5.92 Å². The van der Waals surface area contributed by atoms with Crippen molar-refractivity contribution in [2.75, 3.05) is 0 Å². The highest BCUT2D eigenvalue weighted by atomic mass is 16.5. The molecule has 1 aliphatic rings. The lowest BCUT2D eigenvalue weighted by molar-refractivity contribution is 0.332. The van der Waals surface area contributed by atoms with Crippen LogP contribution in [0.2, 0.25) is 0 Å². The van der Waals surface area contributed by atoms with Crippen LogP contribution >= 0.6 is 0 Å². The molecule has 4 heteroatoms. The second-order valence-electron chi connectivity index (χ2n) is 5.97. The van der Waals surface area contributed by atoms with Crippen LogP contribution in [0.25, 0.3) is 0 Å². The molecular formula is C12H21N3O. The summed E-state index contributed by atoms with van der Waals surface area (Å²) < 4.78 is 5.24. The molecule has 90 valence electrons. The Morgan fingerprint density at radius 3 is 2.62 bits per heavy atom. The minimum atomic E-state index is -0.122. The van der Waals surface area contributed by atoms with E-state index in [2.05, 4.69) is 37.8 Å². The van der Waals surface area contributed by atoms with Crippen LogP contribution in [0.5, 0.6) is 0 Å². The lowest BCUT2D eigenvalue weighted by Crippen LogP contribution is -2.13. The summed E-state index contributed by atoms with van der Waals surface area (Å²) in [6, 6.07) is -0.122. The van der Waals surface area contributed by atoms with Crippen LogP contribution in [0, 0.1) is 11.3 Å². The SMILES string of the molecule is CC(C)C[C@@H](N)c1nc(C2CC2(C)C)no1. The second kappa shape index (κ2) is 3.84. The van der Waals surface area contributed by atoms with Gasteiger partial charge in [0.25, 0.3) is 0 Å². The molecular weight excluding hydrogens is 202 g/mol. The zero-order chi connectivity index (χ0) is 11.9. The Morgan fingerprint density at radius 1 is 1.50 bits per heavy atom. The molecule has 1 fully saturated rings. The Hall–Kier alpha value is -0.900. The van der Waals surface area contributed by atoms with Crippen molar-refractivity contribution < 1.29 is 4.52 Å². The minimum absolute atomic E-state index is 0.122. The highest BCUT2D eigenvalue weighted by molar-refractivity contribution is 5.14. The Bertz CT molecular complexity index is 370. The molecule has 0 aliphatic heterocycles. The monoisotopic (exact) mass is 223 g/mol. The topological polar surface area (TPSA) is 64.9 Å². The predicted octanol–water partition coefficient (Wildman–Crippen LogP) is 2.63. The van der Waals surface area contributed by atoms with Crippen LogP contribution in [0.3, 0.4) is 0 Å². The van der Waals surface area contributed by atoms with Gasteiger partial charge in [-0.3, -0.25) is 0 Å². The highest BCUT2D eigenvalue weighted by Crippen LogP contribution is 2.57. The van der Waals surface area contributed by atoms with Crippen LogP contribution in [0.1, 0.15) is 64.2 Å². The molecule has 0 saturated heterocycles. The number of hydrogen-bond donors (Lipinski definition) is 1. The van der Waals surface area contributed by atoms with Crippen molar-refractivity contribution in [3.63, 3.8) is 0 Å². The van der Waals surface area contributed by atoms with Crippen molar-refractivity contribution in [2.24, 2.45) is 17.1 Å². The fourth-order valence-corrected chi connectivity index (χ4v) is 2.06. The first-order valence-electron chi connectivity index (χ1n) is 5.99. The van der Waals surface area contributed by atoms with Gasteiger partial charge in [-0.2, -0.15) is 4.98 Å². The van der Waals surface area contributed by atoms with Crippen molar-refractivity contribution >= 4 is 0 Å². The molecule has 1 saturated carbocycles. The van der Waals surface area contributed by atoms with Gasteiger partial charge in [-0.25, -0.2) is 0 Å². The zero-order valence-corrected chi connectivity index (χ0v) is 10.5. The van der Waals surface area contributed by atoms with E-state index in [0.717, 1.165) is 18.7 Å². The van der Waals surface area contributed by atoms with Crippen LogP contribution in [-0.4, -0.2) is 10.1 Å². The van der Waals surface area contributed by atoms with Gasteiger partial charge in [-0.1, -0.05) is 32.9 Å². The molecule has 0 aromatic carbocycles. The summed E-state index contributed by atoms with van der Waals surface area (Å²) in [5, 5.41) is 4.04. The molecule has 1 heterocycles. The van der Waals surface area contributed by atoms with Gasteiger partial charge in [0.05, 0.1) is 6.04 Å². The van der Waals surface area contributed by atoms with E-state index in [1.807, 2.05) is 0 Å². The number of nitrogens with zero attached hydrogens (tertiary/aromatic N) is 2. The van der Waals surface area contributed by atoms with Gasteiger partial charge in [0.15, 0.2) is 5.82 Å². The smallest absolute Gasteiger partial charge is 0.243 e. The summed E-state index contributed by atoms with van der Waals surface area (Å²) in [5.74, 6) is 2.42. The zero-order valence-electron chi connectivity index (χ0n) is 10.5. The average Bonchev–Trinajstić information content (AvgIpc) is 2.64. The van der Waals surface area contributed by atoms with E-state index in [-0.39, 0.29) is 6.04 Å². The summed E-state index contributed by atoms with van der Waals surface area (Å²) in [5.41, 5.74) is 6.34. The van der Waals surface area contributed by atoms with Crippen molar-refractivity contribution in [1.29, 1.82) is 0 Å². The molecule has 0 amide bonds. The number of aromatic nitrogens is 2. The first-order valence-corrected chi connectivity index (χ1v) is 5.99. The predicted molar refractivity (Wildman–Crippen MR) is 61.8 cm³/mol. The Labute approximate surface area is 96.6 Å². The van der Waals surface area contributed by atoms with Crippen LogP contribution in [0.4, 0.5) is 0 Å². The third-order valence-electron chi connectivity index (χ3n) is 3.33. The quantitative estimate of drug-likeness (QED) is 0.852. The number of hydrogen-bond acceptors (Lipinski definition) is 4. The third-order valence-corrected chi connectivity index (χ3v) is 3.33. The van der Waals surface area contributed by atoms with E-state index in [9.17, 15) is 0 Å². The molecule has 1 aliphatic carbocycles. The molecule has 0 radical (unpaired) electrons. The maximum atomic E-state index is 6.00. The van der Waals surface area contributed by atoms with Gasteiger partial charge < -0.3 is 10.3 Å². The highest BCUT2D eigenvalue weighted by Gasteiger charge is 2.49. The Kier molecular flexibility index (Phi) is 2.78. The summed E-state index contributed by atoms with van der Waals surface area (Å²) in [4.78, 5) is 4.42. The molecule has 2 atom stereocenters. The standard InChI is InChI=1S/C12H21N3O/c1-7(2)5-9(13)11-14-10(15-16-11)8-6-12(8,3)4/h7-9H,5-6,13H2,1-4H3/t8?,9-/m1/s1. The molecule has 4 nitrogen and oxygen atoms in total. The van der Waals surface area contributed by atoms with Crippen LogP contribution < -0.4 is 5.73 Å². The minimum Gasteiger partial charge on any atom is -0.338 e. The van der Waals surface area contributed by atoms with E-state index in [4.69, 9.17) is 10.3 Å². The fourth-order valence-electron chi connectivity index (χ4n) is 2.06. The fraction of sp³-hybridized carbons (Fsp3) is 0.833. The van der Waals surface area contributed by atoms with E-state index in [0.29, 0.717) is 23.1 Å². The summed E-state index contributed by atoms with van der Waals surface area (Å²) >= 11 is 0. The normalized spacial score (nSPS) is 24.8. The molecule has 0 bridgehead atoms. The molecule has 1 aromatic heterocycles. The van der Waals surface area contributed by atoms with E-state index in [1.165, 1.54) is 0 Å². The van der Waals surface area contributed by atoms with Gasteiger partial charge in [-0.15, -0.1) is 0 Å². The van der Waals surface area contributed by atoms with Crippen molar-refractivity contribution in [2.45, 2.75) is 52.5 Å². The van der Waals surface area contributed by atoms with E-state index in [1.54, 1.807) is 0 Å².